The summed E-state index contributed by atoms with van der Waals surface area (Å²) in [6.07, 6.45) is 1.61. The van der Waals surface area contributed by atoms with Crippen LogP contribution in [0.15, 0.2) is 12.3 Å². The molecule has 1 rings (SSSR count). The topological polar surface area (TPSA) is 76.1 Å². The molecule has 0 fully saturated rings. The van der Waals surface area contributed by atoms with E-state index in [2.05, 4.69) is 20.6 Å². The van der Waals surface area contributed by atoms with E-state index < -0.39 is 6.04 Å². The largest absolute Gasteiger partial charge is 0.464 e. The van der Waals surface area contributed by atoms with Crippen LogP contribution in [0.4, 0.5) is 11.8 Å². The SMILES string of the molecule is CCOC(=O)C(C)Nc1ccnc(NC)n1. The van der Waals surface area contributed by atoms with Gasteiger partial charge < -0.3 is 15.4 Å². The van der Waals surface area contributed by atoms with E-state index in [1.165, 1.54) is 0 Å². The average molecular weight is 224 g/mol. The lowest BCUT2D eigenvalue weighted by molar-refractivity contribution is -0.143. The number of anilines is 2. The molecule has 6 heteroatoms. The molecular formula is C10H16N4O2. The minimum Gasteiger partial charge on any atom is -0.464 e. The first kappa shape index (κ1) is 12.2. The summed E-state index contributed by atoms with van der Waals surface area (Å²) in [5, 5.41) is 5.75. The maximum atomic E-state index is 11.4. The van der Waals surface area contributed by atoms with Crippen molar-refractivity contribution in [3.8, 4) is 0 Å². The highest BCUT2D eigenvalue weighted by molar-refractivity contribution is 5.78. The van der Waals surface area contributed by atoms with Crippen LogP contribution in [0.5, 0.6) is 0 Å². The van der Waals surface area contributed by atoms with Gasteiger partial charge in [-0.25, -0.2) is 9.78 Å². The van der Waals surface area contributed by atoms with E-state index in [1.54, 1.807) is 33.2 Å². The lowest BCUT2D eigenvalue weighted by Crippen LogP contribution is -2.28. The minimum absolute atomic E-state index is 0.299. The molecule has 0 bridgehead atoms. The molecule has 16 heavy (non-hydrogen) atoms. The van der Waals surface area contributed by atoms with Gasteiger partial charge >= 0.3 is 5.97 Å². The van der Waals surface area contributed by atoms with Gasteiger partial charge in [-0.15, -0.1) is 0 Å². The van der Waals surface area contributed by atoms with Gasteiger partial charge in [-0.05, 0) is 19.9 Å². The molecule has 0 radical (unpaired) electrons. The highest BCUT2D eigenvalue weighted by Gasteiger charge is 2.13. The number of carbonyl (C=O) groups excluding carboxylic acids is 1. The highest BCUT2D eigenvalue weighted by atomic mass is 16.5. The number of aromatic nitrogens is 2. The summed E-state index contributed by atoms with van der Waals surface area (Å²) in [5.74, 6) is 0.785. The molecule has 1 unspecified atom stereocenters. The van der Waals surface area contributed by atoms with Gasteiger partial charge in [0.2, 0.25) is 5.95 Å². The molecule has 1 aromatic heterocycles. The molecule has 0 aromatic carbocycles. The van der Waals surface area contributed by atoms with Crippen molar-refractivity contribution in [1.29, 1.82) is 0 Å². The Morgan fingerprint density at radius 3 is 3.00 bits per heavy atom. The first-order valence-electron chi connectivity index (χ1n) is 5.11. The van der Waals surface area contributed by atoms with Gasteiger partial charge in [-0.1, -0.05) is 0 Å². The van der Waals surface area contributed by atoms with Crippen molar-refractivity contribution < 1.29 is 9.53 Å². The predicted molar refractivity (Wildman–Crippen MR) is 61.3 cm³/mol. The molecule has 0 amide bonds. The van der Waals surface area contributed by atoms with Crippen molar-refractivity contribution in [3.63, 3.8) is 0 Å². The third kappa shape index (κ3) is 3.38. The van der Waals surface area contributed by atoms with E-state index in [9.17, 15) is 4.79 Å². The third-order valence-corrected chi connectivity index (χ3v) is 1.88. The van der Waals surface area contributed by atoms with Crippen molar-refractivity contribution in [2.24, 2.45) is 0 Å². The second-order valence-corrected chi connectivity index (χ2v) is 3.13. The van der Waals surface area contributed by atoms with Crippen LogP contribution in [-0.4, -0.2) is 35.6 Å². The maximum absolute atomic E-state index is 11.4. The Hall–Kier alpha value is -1.85. The number of ether oxygens (including phenoxy) is 1. The minimum atomic E-state index is -0.431. The number of esters is 1. The van der Waals surface area contributed by atoms with E-state index in [0.717, 1.165) is 0 Å². The third-order valence-electron chi connectivity index (χ3n) is 1.88. The quantitative estimate of drug-likeness (QED) is 0.723. The number of rotatable bonds is 5. The summed E-state index contributed by atoms with van der Waals surface area (Å²) in [7, 11) is 1.73. The van der Waals surface area contributed by atoms with E-state index in [-0.39, 0.29) is 5.97 Å². The zero-order chi connectivity index (χ0) is 12.0. The molecule has 1 heterocycles. The predicted octanol–water partition coefficient (Wildman–Crippen LogP) is 0.882. The van der Waals surface area contributed by atoms with Gasteiger partial charge in [0, 0.05) is 13.2 Å². The summed E-state index contributed by atoms with van der Waals surface area (Å²) in [6, 6.07) is 1.26. The lowest BCUT2D eigenvalue weighted by atomic mass is 10.3. The van der Waals surface area contributed by atoms with Crippen LogP contribution in [0.3, 0.4) is 0 Å². The second kappa shape index (κ2) is 5.89. The van der Waals surface area contributed by atoms with Gasteiger partial charge in [0.1, 0.15) is 11.9 Å². The van der Waals surface area contributed by atoms with E-state index in [1.807, 2.05) is 0 Å². The Morgan fingerprint density at radius 1 is 1.62 bits per heavy atom. The highest BCUT2D eigenvalue weighted by Crippen LogP contribution is 2.07. The van der Waals surface area contributed by atoms with Crippen LogP contribution in [-0.2, 0) is 9.53 Å². The van der Waals surface area contributed by atoms with Crippen LogP contribution in [0.25, 0.3) is 0 Å². The molecule has 0 spiro atoms. The van der Waals surface area contributed by atoms with E-state index in [0.29, 0.717) is 18.4 Å². The van der Waals surface area contributed by atoms with E-state index in [4.69, 9.17) is 4.74 Å². The Balaban J connectivity index is 2.61. The summed E-state index contributed by atoms with van der Waals surface area (Å²) in [5.41, 5.74) is 0. The first-order valence-corrected chi connectivity index (χ1v) is 5.11. The van der Waals surface area contributed by atoms with Gasteiger partial charge in [0.15, 0.2) is 0 Å². The summed E-state index contributed by atoms with van der Waals surface area (Å²) in [4.78, 5) is 19.5. The smallest absolute Gasteiger partial charge is 0.328 e. The van der Waals surface area contributed by atoms with Gasteiger partial charge in [0.05, 0.1) is 6.61 Å². The summed E-state index contributed by atoms with van der Waals surface area (Å²) in [6.45, 7) is 3.87. The lowest BCUT2D eigenvalue weighted by Gasteiger charge is -2.13. The normalized spacial score (nSPS) is 11.7. The van der Waals surface area contributed by atoms with Crippen LogP contribution in [0, 0.1) is 0 Å². The fourth-order valence-electron chi connectivity index (χ4n) is 1.11. The molecule has 0 aliphatic rings. The molecule has 88 valence electrons. The number of nitrogens with one attached hydrogen (secondary N) is 2. The number of nitrogens with zero attached hydrogens (tertiary/aromatic N) is 2. The number of hydrogen-bond acceptors (Lipinski definition) is 6. The average Bonchev–Trinajstić information content (AvgIpc) is 2.29. The van der Waals surface area contributed by atoms with Crippen LogP contribution in [0.2, 0.25) is 0 Å². The van der Waals surface area contributed by atoms with Crippen LogP contribution in [0.1, 0.15) is 13.8 Å². The summed E-state index contributed by atoms with van der Waals surface area (Å²) >= 11 is 0. The fraction of sp³-hybridized carbons (Fsp3) is 0.500. The van der Waals surface area contributed by atoms with Gasteiger partial charge in [0.25, 0.3) is 0 Å². The zero-order valence-corrected chi connectivity index (χ0v) is 9.65. The maximum Gasteiger partial charge on any atom is 0.328 e. The fourth-order valence-corrected chi connectivity index (χ4v) is 1.11. The number of hydrogen-bond donors (Lipinski definition) is 2. The van der Waals surface area contributed by atoms with Crippen molar-refractivity contribution in [3.05, 3.63) is 12.3 Å². The second-order valence-electron chi connectivity index (χ2n) is 3.13. The Morgan fingerprint density at radius 2 is 2.38 bits per heavy atom. The molecule has 1 atom stereocenters. The number of carbonyl (C=O) groups is 1. The molecule has 0 aliphatic heterocycles. The van der Waals surface area contributed by atoms with Crippen molar-refractivity contribution in [2.75, 3.05) is 24.3 Å². The van der Waals surface area contributed by atoms with Crippen molar-refractivity contribution >= 4 is 17.7 Å². The molecule has 0 saturated carbocycles. The molecule has 6 nitrogen and oxygen atoms in total. The first-order chi connectivity index (χ1) is 7.67. The standard InChI is InChI=1S/C10H16N4O2/c1-4-16-9(15)7(2)13-8-5-6-12-10(11-3)14-8/h5-7H,4H2,1-3H3,(H2,11,12,13,14). The van der Waals surface area contributed by atoms with Crippen molar-refractivity contribution in [2.45, 2.75) is 19.9 Å². The summed E-state index contributed by atoms with van der Waals surface area (Å²) < 4.78 is 4.87. The Kier molecular flexibility index (Phi) is 4.50. The molecule has 1 aromatic rings. The molecule has 2 N–H and O–H groups in total. The zero-order valence-electron chi connectivity index (χ0n) is 9.65. The van der Waals surface area contributed by atoms with Crippen LogP contribution >= 0.6 is 0 Å². The van der Waals surface area contributed by atoms with Crippen molar-refractivity contribution in [1.82, 2.24) is 9.97 Å². The molecule has 0 aliphatic carbocycles. The molecule has 0 saturated heterocycles. The Bertz CT molecular complexity index is 356. The van der Waals surface area contributed by atoms with Gasteiger partial charge in [-0.2, -0.15) is 4.98 Å². The van der Waals surface area contributed by atoms with E-state index >= 15 is 0 Å². The monoisotopic (exact) mass is 224 g/mol. The Labute approximate surface area is 94.4 Å². The van der Waals surface area contributed by atoms with Crippen LogP contribution < -0.4 is 10.6 Å². The molecular weight excluding hydrogens is 208 g/mol. The van der Waals surface area contributed by atoms with Gasteiger partial charge in [-0.3, -0.25) is 0 Å².